The molecule has 1 fully saturated rings. The first-order valence-corrected chi connectivity index (χ1v) is 5.89. The zero-order valence-electron chi connectivity index (χ0n) is 10.6. The molecule has 0 radical (unpaired) electrons. The van der Waals surface area contributed by atoms with E-state index < -0.39 is 0 Å². The molecule has 0 aromatic heterocycles. The highest BCUT2D eigenvalue weighted by Crippen LogP contribution is 2.43. The van der Waals surface area contributed by atoms with Crippen molar-refractivity contribution >= 4 is 0 Å². The summed E-state index contributed by atoms with van der Waals surface area (Å²) in [6.45, 7) is 11.8. The molecular weight excluding hydrogens is 172 g/mol. The van der Waals surface area contributed by atoms with E-state index in [1.165, 1.54) is 12.8 Å². The van der Waals surface area contributed by atoms with Gasteiger partial charge < -0.3 is 4.74 Å². The first-order valence-electron chi connectivity index (χ1n) is 5.89. The Morgan fingerprint density at radius 2 is 1.50 bits per heavy atom. The molecule has 14 heavy (non-hydrogen) atoms. The maximum absolute atomic E-state index is 5.65. The standard InChI is InChI=1S/C13H26O/c1-9-7-11(13(3,4)5)12(14-6)8-10(9)2/h9-12H,7-8H2,1-6H3. The SMILES string of the molecule is COC1CC(C)C(C)CC1C(C)(C)C. The van der Waals surface area contributed by atoms with Crippen molar-refractivity contribution in [3.8, 4) is 0 Å². The molecule has 1 nitrogen and oxygen atoms in total. The van der Waals surface area contributed by atoms with Gasteiger partial charge in [-0.05, 0) is 36.0 Å². The van der Waals surface area contributed by atoms with Gasteiger partial charge in [-0.15, -0.1) is 0 Å². The molecule has 0 saturated heterocycles. The van der Waals surface area contributed by atoms with Gasteiger partial charge in [0.25, 0.3) is 0 Å². The van der Waals surface area contributed by atoms with E-state index in [1.54, 1.807) is 0 Å². The minimum absolute atomic E-state index is 0.384. The molecule has 1 rings (SSSR count). The molecule has 0 heterocycles. The monoisotopic (exact) mass is 198 g/mol. The predicted octanol–water partition coefficient (Wildman–Crippen LogP) is 3.73. The summed E-state index contributed by atoms with van der Waals surface area (Å²) in [5.74, 6) is 2.39. The quantitative estimate of drug-likeness (QED) is 0.624. The van der Waals surface area contributed by atoms with Crippen LogP contribution in [0.15, 0.2) is 0 Å². The lowest BCUT2D eigenvalue weighted by atomic mass is 9.65. The second-order valence-electron chi connectivity index (χ2n) is 6.17. The van der Waals surface area contributed by atoms with Crippen molar-refractivity contribution < 1.29 is 4.74 Å². The third-order valence-corrected chi connectivity index (χ3v) is 4.07. The third-order valence-electron chi connectivity index (χ3n) is 4.07. The van der Waals surface area contributed by atoms with E-state index >= 15 is 0 Å². The fraction of sp³-hybridized carbons (Fsp3) is 1.00. The highest BCUT2D eigenvalue weighted by atomic mass is 16.5. The van der Waals surface area contributed by atoms with Crippen LogP contribution >= 0.6 is 0 Å². The molecule has 0 aromatic carbocycles. The van der Waals surface area contributed by atoms with Gasteiger partial charge in [-0.2, -0.15) is 0 Å². The average molecular weight is 198 g/mol. The summed E-state index contributed by atoms with van der Waals surface area (Å²) >= 11 is 0. The Labute approximate surface area is 89.2 Å². The Balaban J connectivity index is 2.73. The zero-order valence-corrected chi connectivity index (χ0v) is 10.6. The molecular formula is C13H26O. The van der Waals surface area contributed by atoms with Crippen LogP contribution in [0.4, 0.5) is 0 Å². The zero-order chi connectivity index (χ0) is 10.9. The van der Waals surface area contributed by atoms with Crippen molar-refractivity contribution in [1.82, 2.24) is 0 Å². The smallest absolute Gasteiger partial charge is 0.0607 e. The normalized spacial score (nSPS) is 39.9. The van der Waals surface area contributed by atoms with Gasteiger partial charge in [-0.3, -0.25) is 0 Å². The van der Waals surface area contributed by atoms with E-state index in [0.717, 1.165) is 17.8 Å². The number of hydrogen-bond acceptors (Lipinski definition) is 1. The van der Waals surface area contributed by atoms with Gasteiger partial charge in [-0.25, -0.2) is 0 Å². The Hall–Kier alpha value is -0.0400. The molecule has 1 aliphatic carbocycles. The van der Waals surface area contributed by atoms with Crippen molar-refractivity contribution in [3.05, 3.63) is 0 Å². The second kappa shape index (κ2) is 4.22. The molecule has 1 aliphatic rings. The molecule has 0 aromatic rings. The van der Waals surface area contributed by atoms with E-state index in [1.807, 2.05) is 7.11 Å². The Kier molecular flexibility index (Phi) is 3.63. The summed E-state index contributed by atoms with van der Waals surface area (Å²) in [4.78, 5) is 0. The van der Waals surface area contributed by atoms with Crippen LogP contribution in [0.5, 0.6) is 0 Å². The average Bonchev–Trinajstić information content (AvgIpc) is 2.07. The van der Waals surface area contributed by atoms with Crippen LogP contribution in [0.3, 0.4) is 0 Å². The van der Waals surface area contributed by atoms with Crippen LogP contribution < -0.4 is 0 Å². The van der Waals surface area contributed by atoms with Crippen molar-refractivity contribution in [2.75, 3.05) is 7.11 Å². The number of rotatable bonds is 1. The molecule has 0 amide bonds. The van der Waals surface area contributed by atoms with Gasteiger partial charge in [0.1, 0.15) is 0 Å². The minimum Gasteiger partial charge on any atom is -0.381 e. The lowest BCUT2D eigenvalue weighted by Gasteiger charge is -2.44. The summed E-state index contributed by atoms with van der Waals surface area (Å²) in [7, 11) is 1.87. The molecule has 0 bridgehead atoms. The Morgan fingerprint density at radius 1 is 1.00 bits per heavy atom. The number of hydrogen-bond donors (Lipinski definition) is 0. The van der Waals surface area contributed by atoms with Crippen molar-refractivity contribution in [1.29, 1.82) is 0 Å². The molecule has 84 valence electrons. The number of ether oxygens (including phenoxy) is 1. The predicted molar refractivity (Wildman–Crippen MR) is 61.3 cm³/mol. The van der Waals surface area contributed by atoms with Gasteiger partial charge in [0.15, 0.2) is 0 Å². The minimum atomic E-state index is 0.384. The fourth-order valence-corrected chi connectivity index (χ4v) is 2.72. The van der Waals surface area contributed by atoms with Gasteiger partial charge in [0.05, 0.1) is 6.10 Å². The van der Waals surface area contributed by atoms with Crippen LogP contribution in [0, 0.1) is 23.2 Å². The van der Waals surface area contributed by atoms with E-state index in [0.29, 0.717) is 11.5 Å². The van der Waals surface area contributed by atoms with Crippen LogP contribution in [0.2, 0.25) is 0 Å². The van der Waals surface area contributed by atoms with Gasteiger partial charge >= 0.3 is 0 Å². The Bertz CT molecular complexity index is 180. The van der Waals surface area contributed by atoms with E-state index in [2.05, 4.69) is 34.6 Å². The maximum atomic E-state index is 5.65. The second-order valence-corrected chi connectivity index (χ2v) is 6.17. The first-order chi connectivity index (χ1) is 6.36. The summed E-state index contributed by atoms with van der Waals surface area (Å²) in [5, 5.41) is 0. The summed E-state index contributed by atoms with van der Waals surface area (Å²) in [6.07, 6.45) is 3.03. The molecule has 0 N–H and O–H groups in total. The van der Waals surface area contributed by atoms with Crippen LogP contribution in [-0.4, -0.2) is 13.2 Å². The fourth-order valence-electron chi connectivity index (χ4n) is 2.72. The van der Waals surface area contributed by atoms with Crippen LogP contribution in [0.25, 0.3) is 0 Å². The van der Waals surface area contributed by atoms with Crippen molar-refractivity contribution in [3.63, 3.8) is 0 Å². The summed E-state index contributed by atoms with van der Waals surface area (Å²) in [5.41, 5.74) is 0.384. The topological polar surface area (TPSA) is 9.23 Å². The summed E-state index contributed by atoms with van der Waals surface area (Å²) < 4.78 is 5.65. The largest absolute Gasteiger partial charge is 0.381 e. The lowest BCUT2D eigenvalue weighted by Crippen LogP contribution is -2.41. The molecule has 4 unspecified atom stereocenters. The molecule has 0 spiro atoms. The van der Waals surface area contributed by atoms with Crippen molar-refractivity contribution in [2.24, 2.45) is 23.2 Å². The molecule has 1 heteroatoms. The lowest BCUT2D eigenvalue weighted by molar-refractivity contribution is -0.0517. The van der Waals surface area contributed by atoms with Gasteiger partial charge in [0, 0.05) is 7.11 Å². The highest BCUT2D eigenvalue weighted by Gasteiger charge is 2.39. The van der Waals surface area contributed by atoms with E-state index in [9.17, 15) is 0 Å². The Morgan fingerprint density at radius 3 is 1.93 bits per heavy atom. The third kappa shape index (κ3) is 2.50. The molecule has 1 saturated carbocycles. The van der Waals surface area contributed by atoms with E-state index in [4.69, 9.17) is 4.74 Å². The van der Waals surface area contributed by atoms with Crippen molar-refractivity contribution in [2.45, 2.75) is 53.6 Å². The first kappa shape index (κ1) is 12.0. The van der Waals surface area contributed by atoms with Crippen LogP contribution in [-0.2, 0) is 4.74 Å². The van der Waals surface area contributed by atoms with E-state index in [-0.39, 0.29) is 0 Å². The molecule has 0 aliphatic heterocycles. The van der Waals surface area contributed by atoms with Gasteiger partial charge in [-0.1, -0.05) is 34.6 Å². The molecule has 4 atom stereocenters. The highest BCUT2D eigenvalue weighted by molar-refractivity contribution is 4.89. The van der Waals surface area contributed by atoms with Crippen LogP contribution in [0.1, 0.15) is 47.5 Å². The van der Waals surface area contributed by atoms with Gasteiger partial charge in [0.2, 0.25) is 0 Å². The maximum Gasteiger partial charge on any atom is 0.0607 e. The summed E-state index contributed by atoms with van der Waals surface area (Å²) in [6, 6.07) is 0. The number of methoxy groups -OCH3 is 1.